The fraction of sp³-hybridized carbons (Fsp3) is 0.250. The number of benzene rings is 1. The van der Waals surface area contributed by atoms with Gasteiger partial charge in [-0.2, -0.15) is 0 Å². The first-order valence-electron chi connectivity index (χ1n) is 9.11. The first-order chi connectivity index (χ1) is 14.6. The molecule has 1 amide bonds. The summed E-state index contributed by atoms with van der Waals surface area (Å²) in [6, 6.07) is 7.69. The molecule has 0 aliphatic heterocycles. The van der Waals surface area contributed by atoms with E-state index < -0.39 is 31.9 Å². The minimum Gasteiger partial charge on any atom is -0.445 e. The van der Waals surface area contributed by atoms with Crippen molar-refractivity contribution in [2.75, 3.05) is 6.26 Å². The maximum absolute atomic E-state index is 14.7. The lowest BCUT2D eigenvalue weighted by molar-refractivity contribution is -0.131. The molecule has 1 aromatic carbocycles. The molecule has 3 rings (SSSR count). The second-order valence-electron chi connectivity index (χ2n) is 7.18. The van der Waals surface area contributed by atoms with Gasteiger partial charge in [0, 0.05) is 36.2 Å². The maximum atomic E-state index is 14.7. The zero-order valence-corrected chi connectivity index (χ0v) is 17.5. The minimum absolute atomic E-state index is 0.0687. The highest BCUT2D eigenvalue weighted by Gasteiger charge is 2.43. The molecule has 164 valence electrons. The van der Waals surface area contributed by atoms with Gasteiger partial charge in [0.1, 0.15) is 12.1 Å². The van der Waals surface area contributed by atoms with Crippen molar-refractivity contribution in [3.05, 3.63) is 65.2 Å². The van der Waals surface area contributed by atoms with Crippen LogP contribution in [0.2, 0.25) is 0 Å². The second kappa shape index (κ2) is 8.44. The van der Waals surface area contributed by atoms with Gasteiger partial charge in [0.05, 0.1) is 6.20 Å². The molecule has 3 aromatic rings. The monoisotopic (exact) mass is 449 g/mol. The van der Waals surface area contributed by atoms with Crippen LogP contribution in [-0.2, 0) is 21.2 Å². The van der Waals surface area contributed by atoms with E-state index in [1.54, 1.807) is 24.3 Å². The van der Waals surface area contributed by atoms with Crippen LogP contribution in [-0.4, -0.2) is 40.1 Å². The Bertz CT molecular complexity index is 1250. The van der Waals surface area contributed by atoms with Crippen molar-refractivity contribution >= 4 is 15.7 Å². The van der Waals surface area contributed by atoms with Crippen LogP contribution in [0.4, 0.5) is 4.39 Å². The quantitative estimate of drug-likeness (QED) is 0.417. The molecule has 0 bridgehead atoms. The highest BCUT2D eigenvalue weighted by molar-refractivity contribution is 7.92. The van der Waals surface area contributed by atoms with E-state index in [-0.39, 0.29) is 18.5 Å². The normalized spacial score (nSPS) is 13.5. The summed E-state index contributed by atoms with van der Waals surface area (Å²) in [6.45, 7) is 0.870. The molecule has 0 unspecified atom stereocenters. The van der Waals surface area contributed by atoms with Crippen LogP contribution in [0.1, 0.15) is 13.3 Å². The summed E-state index contributed by atoms with van der Waals surface area (Å²) in [5, 5.41) is 8.87. The van der Waals surface area contributed by atoms with E-state index in [2.05, 4.69) is 4.98 Å². The maximum Gasteiger partial charge on any atom is 0.264 e. The largest absolute Gasteiger partial charge is 0.445 e. The molecular weight excluding hydrogens is 429 g/mol. The van der Waals surface area contributed by atoms with E-state index in [0.717, 1.165) is 30.0 Å². The number of aromatic nitrogens is 2. The summed E-state index contributed by atoms with van der Waals surface area (Å²) in [5.74, 6) is -1.43. The molecule has 9 nitrogen and oxygen atoms in total. The van der Waals surface area contributed by atoms with Gasteiger partial charge in [0.25, 0.3) is 11.5 Å². The van der Waals surface area contributed by atoms with Crippen molar-refractivity contribution in [1.29, 1.82) is 0 Å². The van der Waals surface area contributed by atoms with Gasteiger partial charge in [0.15, 0.2) is 14.6 Å². The summed E-state index contributed by atoms with van der Waals surface area (Å²) in [6.07, 6.45) is 4.39. The molecule has 0 aliphatic rings. The number of hydrogen-bond donors (Lipinski definition) is 2. The van der Waals surface area contributed by atoms with E-state index in [9.17, 15) is 22.4 Å². The van der Waals surface area contributed by atoms with Crippen molar-refractivity contribution in [2.24, 2.45) is 0 Å². The molecule has 1 atom stereocenters. The number of carbonyl (C=O) groups excluding carboxylic acids is 1. The molecule has 2 N–H and O–H groups in total. The van der Waals surface area contributed by atoms with Crippen LogP contribution < -0.4 is 11.0 Å². The minimum atomic E-state index is -3.94. The van der Waals surface area contributed by atoms with Crippen LogP contribution >= 0.6 is 0 Å². The molecule has 0 radical (unpaired) electrons. The van der Waals surface area contributed by atoms with Crippen LogP contribution in [0, 0.1) is 5.82 Å². The Kier molecular flexibility index (Phi) is 6.09. The summed E-state index contributed by atoms with van der Waals surface area (Å²) in [7, 11) is -3.94. The zero-order chi connectivity index (χ0) is 22.8. The molecule has 2 aromatic heterocycles. The zero-order valence-electron chi connectivity index (χ0n) is 16.7. The average molecular weight is 449 g/mol. The van der Waals surface area contributed by atoms with Crippen molar-refractivity contribution in [3.8, 4) is 22.6 Å². The lowest BCUT2D eigenvalue weighted by Gasteiger charge is -2.25. The van der Waals surface area contributed by atoms with Gasteiger partial charge in [-0.25, -0.2) is 23.3 Å². The number of hydroxylamine groups is 1. The van der Waals surface area contributed by atoms with Gasteiger partial charge in [-0.1, -0.05) is 12.1 Å². The number of hydrogen-bond acceptors (Lipinski definition) is 7. The smallest absolute Gasteiger partial charge is 0.264 e. The average Bonchev–Trinajstić information content (AvgIpc) is 3.27. The lowest BCUT2D eigenvalue weighted by atomic mass is 10.0. The number of amides is 1. The molecule has 11 heteroatoms. The van der Waals surface area contributed by atoms with Crippen LogP contribution in [0.25, 0.3) is 22.6 Å². The summed E-state index contributed by atoms with van der Waals surface area (Å²) < 4.78 is 43.0. The highest BCUT2D eigenvalue weighted by Crippen LogP contribution is 2.26. The molecular formula is C20H20FN3O6S. The van der Waals surface area contributed by atoms with Gasteiger partial charge in [-0.3, -0.25) is 14.8 Å². The third-order valence-corrected chi connectivity index (χ3v) is 7.21. The second-order valence-corrected chi connectivity index (χ2v) is 9.62. The predicted molar refractivity (Wildman–Crippen MR) is 109 cm³/mol. The summed E-state index contributed by atoms with van der Waals surface area (Å²) in [4.78, 5) is 28.4. The van der Waals surface area contributed by atoms with Crippen LogP contribution in [0.3, 0.4) is 0 Å². The standard InChI is InChI=1S/C20H20FN3O6S/c1-20(19(26)23-27,31(2,28)29)7-9-24-12-16(21)15(11-17(24)25)13-3-5-14(6-4-13)18-22-8-10-30-18/h3-6,8,10-12,27H,7,9H2,1-2H3,(H,23,26)/t20-/m1/s1. The molecule has 0 saturated carbocycles. The third-order valence-electron chi connectivity index (χ3n) is 5.18. The van der Waals surface area contributed by atoms with Crippen molar-refractivity contribution in [1.82, 2.24) is 15.0 Å². The van der Waals surface area contributed by atoms with E-state index in [4.69, 9.17) is 9.62 Å². The van der Waals surface area contributed by atoms with E-state index in [0.29, 0.717) is 17.0 Å². The number of sulfone groups is 1. The first kappa shape index (κ1) is 22.4. The van der Waals surface area contributed by atoms with Crippen molar-refractivity contribution in [2.45, 2.75) is 24.6 Å². The lowest BCUT2D eigenvalue weighted by Crippen LogP contribution is -2.50. The summed E-state index contributed by atoms with van der Waals surface area (Å²) >= 11 is 0. The Hall–Kier alpha value is -3.31. The molecule has 31 heavy (non-hydrogen) atoms. The fourth-order valence-electron chi connectivity index (χ4n) is 3.02. The molecule has 0 fully saturated rings. The van der Waals surface area contributed by atoms with Gasteiger partial charge >= 0.3 is 0 Å². The van der Waals surface area contributed by atoms with E-state index >= 15 is 0 Å². The van der Waals surface area contributed by atoms with Gasteiger partial charge in [-0.15, -0.1) is 0 Å². The third kappa shape index (κ3) is 4.42. The number of nitrogens with one attached hydrogen (secondary N) is 1. The Morgan fingerprint density at radius 2 is 1.94 bits per heavy atom. The Balaban J connectivity index is 1.87. The van der Waals surface area contributed by atoms with Gasteiger partial charge in [0.2, 0.25) is 5.89 Å². The van der Waals surface area contributed by atoms with Crippen molar-refractivity contribution < 1.29 is 27.2 Å². The predicted octanol–water partition coefficient (Wildman–Crippen LogP) is 2.01. The highest BCUT2D eigenvalue weighted by atomic mass is 32.2. The number of halogens is 1. The van der Waals surface area contributed by atoms with Crippen molar-refractivity contribution in [3.63, 3.8) is 0 Å². The number of nitrogens with zero attached hydrogens (tertiary/aromatic N) is 2. The number of oxazole rings is 1. The van der Waals surface area contributed by atoms with E-state index in [1.165, 1.54) is 17.9 Å². The number of aryl methyl sites for hydroxylation is 1. The first-order valence-corrected chi connectivity index (χ1v) is 11.0. The molecule has 0 saturated heterocycles. The molecule has 0 aliphatic carbocycles. The number of carbonyl (C=O) groups is 1. The number of pyridine rings is 1. The topological polar surface area (TPSA) is 132 Å². The van der Waals surface area contributed by atoms with E-state index in [1.807, 2.05) is 0 Å². The number of rotatable bonds is 7. The van der Waals surface area contributed by atoms with Crippen LogP contribution in [0.5, 0.6) is 0 Å². The Labute approximate surface area is 177 Å². The van der Waals surface area contributed by atoms with Crippen LogP contribution in [0.15, 0.2) is 58.2 Å². The molecule has 2 heterocycles. The molecule has 0 spiro atoms. The fourth-order valence-corrected chi connectivity index (χ4v) is 3.86. The Morgan fingerprint density at radius 3 is 2.48 bits per heavy atom. The van der Waals surface area contributed by atoms with Gasteiger partial charge < -0.3 is 8.98 Å². The Morgan fingerprint density at radius 1 is 1.29 bits per heavy atom. The SMILES string of the molecule is C[C@@](CCn1cc(F)c(-c2ccc(-c3ncco3)cc2)cc1=O)(C(=O)NO)S(C)(=O)=O. The summed E-state index contributed by atoms with van der Waals surface area (Å²) in [5.41, 5.74) is 1.96. The van der Waals surface area contributed by atoms with Gasteiger partial charge in [-0.05, 0) is 31.0 Å².